The van der Waals surface area contributed by atoms with Gasteiger partial charge in [-0.2, -0.15) is 0 Å². The van der Waals surface area contributed by atoms with Crippen LogP contribution in [0.2, 0.25) is 0 Å². The van der Waals surface area contributed by atoms with Crippen molar-refractivity contribution in [1.82, 2.24) is 15.2 Å². The van der Waals surface area contributed by atoms with Crippen LogP contribution in [-0.4, -0.2) is 34.6 Å². The van der Waals surface area contributed by atoms with Crippen molar-refractivity contribution >= 4 is 11.3 Å². The number of aromatic nitrogens is 1. The van der Waals surface area contributed by atoms with Crippen LogP contribution in [0.3, 0.4) is 0 Å². The van der Waals surface area contributed by atoms with E-state index in [1.807, 2.05) is 6.20 Å². The van der Waals surface area contributed by atoms with E-state index in [0.717, 1.165) is 13.1 Å². The van der Waals surface area contributed by atoms with Crippen molar-refractivity contribution < 1.29 is 0 Å². The van der Waals surface area contributed by atoms with Crippen molar-refractivity contribution in [3.63, 3.8) is 0 Å². The van der Waals surface area contributed by atoms with Gasteiger partial charge in [0.1, 0.15) is 5.01 Å². The van der Waals surface area contributed by atoms with Crippen LogP contribution in [0.5, 0.6) is 0 Å². The molecule has 0 spiro atoms. The Kier molecular flexibility index (Phi) is 3.85. The van der Waals surface area contributed by atoms with Crippen molar-refractivity contribution in [3.05, 3.63) is 16.6 Å². The van der Waals surface area contributed by atoms with Gasteiger partial charge in [0.05, 0.1) is 6.04 Å². The highest BCUT2D eigenvalue weighted by atomic mass is 32.1. The fourth-order valence-corrected chi connectivity index (χ4v) is 3.28. The average Bonchev–Trinajstić information content (AvgIpc) is 2.80. The molecule has 2 rings (SSSR count). The predicted molar refractivity (Wildman–Crippen MR) is 73.4 cm³/mol. The molecule has 0 amide bonds. The SMILES string of the molecule is CCC1CNC(C)(C)CN1C(C)c1nccs1. The normalized spacial score (nSPS) is 26.9. The van der Waals surface area contributed by atoms with Gasteiger partial charge < -0.3 is 5.32 Å². The lowest BCUT2D eigenvalue weighted by atomic mass is 9.96. The molecule has 1 saturated heterocycles. The molecule has 2 atom stereocenters. The van der Waals surface area contributed by atoms with Crippen LogP contribution in [0.4, 0.5) is 0 Å². The topological polar surface area (TPSA) is 28.2 Å². The average molecular weight is 253 g/mol. The summed E-state index contributed by atoms with van der Waals surface area (Å²) in [7, 11) is 0. The third-order valence-electron chi connectivity index (χ3n) is 3.64. The Morgan fingerprint density at radius 3 is 3.00 bits per heavy atom. The van der Waals surface area contributed by atoms with Gasteiger partial charge in [-0.15, -0.1) is 11.3 Å². The van der Waals surface area contributed by atoms with Crippen LogP contribution in [0.1, 0.15) is 45.2 Å². The van der Waals surface area contributed by atoms with Gasteiger partial charge in [-0.05, 0) is 27.2 Å². The molecule has 0 aromatic carbocycles. The molecule has 1 N–H and O–H groups in total. The van der Waals surface area contributed by atoms with Gasteiger partial charge >= 0.3 is 0 Å². The van der Waals surface area contributed by atoms with Gasteiger partial charge in [0, 0.05) is 36.2 Å². The van der Waals surface area contributed by atoms with Crippen molar-refractivity contribution in [2.75, 3.05) is 13.1 Å². The molecule has 0 aliphatic carbocycles. The second kappa shape index (κ2) is 5.04. The molecular formula is C13H23N3S. The lowest BCUT2D eigenvalue weighted by Crippen LogP contribution is -2.61. The summed E-state index contributed by atoms with van der Waals surface area (Å²) in [5.74, 6) is 0. The number of piperazine rings is 1. The first kappa shape index (κ1) is 13.0. The smallest absolute Gasteiger partial charge is 0.109 e. The van der Waals surface area contributed by atoms with Gasteiger partial charge in [-0.25, -0.2) is 4.98 Å². The molecule has 96 valence electrons. The van der Waals surface area contributed by atoms with E-state index < -0.39 is 0 Å². The minimum Gasteiger partial charge on any atom is -0.309 e. The van der Waals surface area contributed by atoms with Gasteiger partial charge in [0.25, 0.3) is 0 Å². The number of hydrogen-bond donors (Lipinski definition) is 1. The molecule has 1 fully saturated rings. The minimum atomic E-state index is 0.206. The number of rotatable bonds is 3. The Labute approximate surface area is 108 Å². The molecule has 1 aromatic rings. The monoisotopic (exact) mass is 253 g/mol. The van der Waals surface area contributed by atoms with Gasteiger partial charge in [-0.1, -0.05) is 6.92 Å². The van der Waals surface area contributed by atoms with E-state index in [-0.39, 0.29) is 5.54 Å². The van der Waals surface area contributed by atoms with Crippen LogP contribution >= 0.6 is 11.3 Å². The lowest BCUT2D eigenvalue weighted by molar-refractivity contribution is 0.0579. The molecule has 3 nitrogen and oxygen atoms in total. The first-order chi connectivity index (χ1) is 8.03. The van der Waals surface area contributed by atoms with E-state index >= 15 is 0 Å². The van der Waals surface area contributed by atoms with Gasteiger partial charge in [0.15, 0.2) is 0 Å². The molecule has 0 bridgehead atoms. The Bertz CT molecular complexity index is 348. The zero-order valence-corrected chi connectivity index (χ0v) is 12.0. The molecule has 1 aliphatic rings. The summed E-state index contributed by atoms with van der Waals surface area (Å²) < 4.78 is 0. The Hall–Kier alpha value is -0.450. The largest absolute Gasteiger partial charge is 0.309 e. The summed E-state index contributed by atoms with van der Waals surface area (Å²) in [6.07, 6.45) is 3.10. The van der Waals surface area contributed by atoms with Crippen molar-refractivity contribution in [2.24, 2.45) is 0 Å². The second-order valence-electron chi connectivity index (χ2n) is 5.55. The second-order valence-corrected chi connectivity index (χ2v) is 6.47. The first-order valence-electron chi connectivity index (χ1n) is 6.43. The Balaban J connectivity index is 2.15. The van der Waals surface area contributed by atoms with E-state index in [9.17, 15) is 0 Å². The third-order valence-corrected chi connectivity index (χ3v) is 4.59. The number of thiazole rings is 1. The molecular weight excluding hydrogens is 230 g/mol. The summed E-state index contributed by atoms with van der Waals surface area (Å²) in [5, 5.41) is 6.94. The van der Waals surface area contributed by atoms with Crippen LogP contribution < -0.4 is 5.32 Å². The van der Waals surface area contributed by atoms with Crippen LogP contribution in [-0.2, 0) is 0 Å². The fourth-order valence-electron chi connectivity index (χ4n) is 2.57. The Morgan fingerprint density at radius 1 is 1.65 bits per heavy atom. The van der Waals surface area contributed by atoms with E-state index in [1.54, 1.807) is 11.3 Å². The van der Waals surface area contributed by atoms with E-state index in [1.165, 1.54) is 11.4 Å². The van der Waals surface area contributed by atoms with Crippen LogP contribution in [0.25, 0.3) is 0 Å². The number of nitrogens with zero attached hydrogens (tertiary/aromatic N) is 2. The van der Waals surface area contributed by atoms with Crippen molar-refractivity contribution in [1.29, 1.82) is 0 Å². The van der Waals surface area contributed by atoms with Crippen molar-refractivity contribution in [2.45, 2.75) is 51.7 Å². The van der Waals surface area contributed by atoms with Crippen molar-refractivity contribution in [3.8, 4) is 0 Å². The molecule has 1 aliphatic heterocycles. The fraction of sp³-hybridized carbons (Fsp3) is 0.769. The summed E-state index contributed by atoms with van der Waals surface area (Å²) in [6.45, 7) is 11.3. The third kappa shape index (κ3) is 2.87. The molecule has 1 aromatic heterocycles. The minimum absolute atomic E-state index is 0.206. The van der Waals surface area contributed by atoms with E-state index in [4.69, 9.17) is 0 Å². The lowest BCUT2D eigenvalue weighted by Gasteiger charge is -2.46. The van der Waals surface area contributed by atoms with Crippen LogP contribution in [0.15, 0.2) is 11.6 Å². The summed E-state index contributed by atoms with van der Waals surface area (Å²) >= 11 is 1.76. The molecule has 0 saturated carbocycles. The highest BCUT2D eigenvalue weighted by molar-refractivity contribution is 7.09. The summed E-state index contributed by atoms with van der Waals surface area (Å²) in [6, 6.07) is 1.06. The Morgan fingerprint density at radius 2 is 2.41 bits per heavy atom. The highest BCUT2D eigenvalue weighted by Crippen LogP contribution is 2.29. The van der Waals surface area contributed by atoms with Crippen LogP contribution in [0, 0.1) is 0 Å². The maximum atomic E-state index is 4.46. The molecule has 0 radical (unpaired) electrons. The van der Waals surface area contributed by atoms with E-state index in [0.29, 0.717) is 12.1 Å². The standard InChI is InChI=1S/C13H23N3S/c1-5-11-8-15-13(3,4)9-16(11)10(2)12-14-6-7-17-12/h6-7,10-11,15H,5,8-9H2,1-4H3. The maximum absolute atomic E-state index is 4.46. The zero-order chi connectivity index (χ0) is 12.5. The van der Waals surface area contributed by atoms with Gasteiger partial charge in [0.2, 0.25) is 0 Å². The predicted octanol–water partition coefficient (Wildman–Crippen LogP) is 2.67. The summed E-state index contributed by atoms with van der Waals surface area (Å²) in [5.41, 5.74) is 0.206. The number of nitrogens with one attached hydrogen (secondary N) is 1. The quantitative estimate of drug-likeness (QED) is 0.897. The summed E-state index contributed by atoms with van der Waals surface area (Å²) in [4.78, 5) is 7.07. The highest BCUT2D eigenvalue weighted by Gasteiger charge is 2.35. The first-order valence-corrected chi connectivity index (χ1v) is 7.31. The van der Waals surface area contributed by atoms with Gasteiger partial charge in [-0.3, -0.25) is 4.90 Å². The zero-order valence-electron chi connectivity index (χ0n) is 11.2. The molecule has 2 unspecified atom stereocenters. The molecule has 17 heavy (non-hydrogen) atoms. The maximum Gasteiger partial charge on any atom is 0.109 e. The van der Waals surface area contributed by atoms with E-state index in [2.05, 4.69) is 48.3 Å². The molecule has 4 heteroatoms. The molecule has 2 heterocycles. The number of hydrogen-bond acceptors (Lipinski definition) is 4.